The Balaban J connectivity index is 1.54. The summed E-state index contributed by atoms with van der Waals surface area (Å²) < 4.78 is 37.5. The highest BCUT2D eigenvalue weighted by Gasteiger charge is 2.54. The third kappa shape index (κ3) is 6.72. The molecule has 43 heavy (non-hydrogen) atoms. The van der Waals surface area contributed by atoms with Gasteiger partial charge in [-0.25, -0.2) is 14.9 Å². The monoisotopic (exact) mass is 646 g/mol. The third-order valence-electron chi connectivity index (χ3n) is 6.80. The smallest absolute Gasteiger partial charge is 0.327 e. The molecule has 2 aliphatic rings. The van der Waals surface area contributed by atoms with Gasteiger partial charge in [-0.1, -0.05) is 11.4 Å². The lowest BCUT2D eigenvalue weighted by molar-refractivity contribution is -0.149. The van der Waals surface area contributed by atoms with Gasteiger partial charge in [0.15, 0.2) is 17.4 Å². The van der Waals surface area contributed by atoms with Crippen LogP contribution in [0.5, 0.6) is 5.88 Å². The number of aliphatic hydroxyl groups is 2. The fraction of sp³-hybridized carbons (Fsp3) is 0.652. The van der Waals surface area contributed by atoms with E-state index in [9.17, 15) is 29.2 Å². The molecule has 0 bridgehead atoms. The van der Waals surface area contributed by atoms with Crippen LogP contribution in [-0.4, -0.2) is 115 Å². The Bertz CT molecular complexity index is 1440. The number of ether oxygens (including phenoxy) is 3. The second kappa shape index (κ2) is 12.5. The number of imidazole rings is 1. The van der Waals surface area contributed by atoms with E-state index >= 15 is 0 Å². The quantitative estimate of drug-likeness (QED) is 0.114. The topological polar surface area (TPSA) is 243 Å². The molecule has 2 aromatic rings. The van der Waals surface area contributed by atoms with Gasteiger partial charge >= 0.3 is 18.7 Å². The molecule has 0 aliphatic carbocycles. The molecule has 0 aromatic carbocycles. The van der Waals surface area contributed by atoms with E-state index < -0.39 is 73.5 Å². The number of nitrogens with zero attached hydrogens (tertiary/aromatic N) is 5. The van der Waals surface area contributed by atoms with Gasteiger partial charge in [0.05, 0.1) is 26.1 Å². The van der Waals surface area contributed by atoms with Crippen molar-refractivity contribution >= 4 is 53.1 Å². The molecule has 4 rings (SSSR count). The zero-order valence-electron chi connectivity index (χ0n) is 24.3. The number of nitrogen functional groups attached to an aromatic ring is 1. The molecule has 1 unspecified atom stereocenters. The van der Waals surface area contributed by atoms with Crippen LogP contribution >= 0.6 is 18.1 Å². The molecule has 0 saturated carbocycles. The first-order chi connectivity index (χ1) is 20.1. The number of urea groups is 1. The number of carbonyl (C=O) groups excluding carboxylic acids is 3. The number of anilines is 1. The number of methoxy groups -OCH3 is 1. The number of nitrogens with one attached hydrogen (secondary N) is 2. The Morgan fingerprint density at radius 3 is 2.65 bits per heavy atom. The first kappa shape index (κ1) is 32.8. The summed E-state index contributed by atoms with van der Waals surface area (Å²) in [5, 5.41) is 27.1. The van der Waals surface area contributed by atoms with Crippen molar-refractivity contribution in [2.45, 2.75) is 69.9 Å². The maximum atomic E-state index is 14.0. The molecule has 2 fully saturated rings. The van der Waals surface area contributed by atoms with Crippen LogP contribution in [0.3, 0.4) is 0 Å². The summed E-state index contributed by atoms with van der Waals surface area (Å²) in [7, 11) is 2.79. The molecule has 7 atom stereocenters. The zero-order chi connectivity index (χ0) is 31.9. The summed E-state index contributed by atoms with van der Waals surface area (Å²) in [4.78, 5) is 50.1. The molecule has 20 heteroatoms. The lowest BCUT2D eigenvalue weighted by Gasteiger charge is -2.27. The third-order valence-corrected chi connectivity index (χ3v) is 10.9. The van der Waals surface area contributed by atoms with E-state index in [-0.39, 0.29) is 28.7 Å². The number of nitrogens with two attached hydrogens (primary N) is 1. The largest absolute Gasteiger partial charge is 0.479 e. The second-order valence-corrected chi connectivity index (χ2v) is 14.8. The molecular formula is C23H35N8O10PS. The highest BCUT2D eigenvalue weighted by atomic mass is 32.7. The van der Waals surface area contributed by atoms with Gasteiger partial charge in [-0.2, -0.15) is 9.97 Å². The predicted molar refractivity (Wildman–Crippen MR) is 152 cm³/mol. The Hall–Kier alpha value is -3.06. The highest BCUT2D eigenvalue weighted by molar-refractivity contribution is 8.56. The van der Waals surface area contributed by atoms with Gasteiger partial charge in [0.1, 0.15) is 29.9 Å². The predicted octanol–water partition coefficient (Wildman–Crippen LogP) is -0.236. The second-order valence-electron chi connectivity index (χ2n) is 10.5. The number of hydrogen-bond acceptors (Lipinski definition) is 15. The van der Waals surface area contributed by atoms with Gasteiger partial charge < -0.3 is 39.6 Å². The molecule has 0 spiro atoms. The number of imide groups is 1. The van der Waals surface area contributed by atoms with E-state index in [1.807, 2.05) is 0 Å². The normalized spacial score (nSPS) is 27.9. The summed E-state index contributed by atoms with van der Waals surface area (Å²) in [6.45, 7) is 1.49. The summed E-state index contributed by atoms with van der Waals surface area (Å²) in [5.74, 6) is -1.46. The van der Waals surface area contributed by atoms with Crippen LogP contribution < -0.4 is 20.9 Å². The van der Waals surface area contributed by atoms with Crippen LogP contribution in [0.25, 0.3) is 11.2 Å². The number of rotatable bonds is 12. The van der Waals surface area contributed by atoms with Gasteiger partial charge in [-0.3, -0.25) is 24.0 Å². The van der Waals surface area contributed by atoms with E-state index in [1.54, 1.807) is 13.8 Å². The molecule has 6 N–H and O–H groups in total. The Kier molecular flexibility index (Phi) is 9.55. The summed E-state index contributed by atoms with van der Waals surface area (Å²) in [5.41, 5.74) is 4.27. The van der Waals surface area contributed by atoms with Crippen LogP contribution in [0.1, 0.15) is 33.9 Å². The molecule has 3 amide bonds. The maximum Gasteiger partial charge on any atom is 0.327 e. The van der Waals surface area contributed by atoms with Crippen molar-refractivity contribution in [3.63, 3.8) is 0 Å². The van der Waals surface area contributed by atoms with Crippen molar-refractivity contribution in [1.29, 1.82) is 0 Å². The summed E-state index contributed by atoms with van der Waals surface area (Å²) in [6, 6.07) is -2.66. The molecule has 0 radical (unpaired) electrons. The molecule has 4 heterocycles. The lowest BCUT2D eigenvalue weighted by atomic mass is 9.96. The standard InChI is InChI=1S/C23H35N8O10PS/c1-10(2)40-19(34)11(3)29-42(37,43-8-12-17(33)27-22(35)30(12)5)39-7-13-15(32)23(4,36)20(41-13)31-9-25-14-16(31)26-21(24)28-18(14)38-6/h9-13,15,20,32,36H,7-8H2,1-6H3,(H,29,37)(H2,24,26,28)(H,27,33,35)/t11-,12-,13+,15+,20+,23+,42?/m0/s1. The number of fused-ring (bicyclic) bond motifs is 1. The minimum absolute atomic E-state index is 0.0942. The first-order valence-corrected chi connectivity index (χ1v) is 16.3. The maximum absolute atomic E-state index is 14.0. The molecule has 2 aromatic heterocycles. The van der Waals surface area contributed by atoms with Crippen molar-refractivity contribution < 1.29 is 47.9 Å². The van der Waals surface area contributed by atoms with E-state index in [2.05, 4.69) is 25.4 Å². The van der Waals surface area contributed by atoms with Crippen molar-refractivity contribution in [1.82, 2.24) is 34.8 Å². The Morgan fingerprint density at radius 2 is 2.05 bits per heavy atom. The minimum Gasteiger partial charge on any atom is -0.479 e. The van der Waals surface area contributed by atoms with Crippen molar-refractivity contribution in [2.75, 3.05) is 32.3 Å². The molecule has 2 saturated heterocycles. The van der Waals surface area contributed by atoms with Crippen LogP contribution in [0.4, 0.5) is 10.7 Å². The van der Waals surface area contributed by atoms with E-state index in [4.69, 9.17) is 24.5 Å². The molecular weight excluding hydrogens is 611 g/mol. The summed E-state index contributed by atoms with van der Waals surface area (Å²) in [6.07, 6.45) is -3.16. The first-order valence-electron chi connectivity index (χ1n) is 13.1. The van der Waals surface area contributed by atoms with E-state index in [0.717, 1.165) is 4.90 Å². The van der Waals surface area contributed by atoms with Gasteiger partial charge in [0.2, 0.25) is 11.8 Å². The number of aliphatic hydroxyl groups excluding tert-OH is 1. The van der Waals surface area contributed by atoms with Gasteiger partial charge in [-0.15, -0.1) is 0 Å². The average Bonchev–Trinajstić information content (AvgIpc) is 3.52. The lowest BCUT2D eigenvalue weighted by Crippen LogP contribution is -2.44. The van der Waals surface area contributed by atoms with Crippen molar-refractivity contribution in [3.8, 4) is 5.88 Å². The average molecular weight is 647 g/mol. The van der Waals surface area contributed by atoms with Crippen LogP contribution in [-0.2, 0) is 28.2 Å². The number of esters is 1. The van der Waals surface area contributed by atoms with Gasteiger partial charge in [0, 0.05) is 12.8 Å². The Labute approximate surface area is 250 Å². The van der Waals surface area contributed by atoms with Crippen molar-refractivity contribution in [2.24, 2.45) is 0 Å². The molecule has 2 aliphatic heterocycles. The SMILES string of the molecule is COc1nc(N)nc2c1ncn2[C@@H]1O[C@H](COP(=O)(N[C@@H](C)C(=O)OC(C)C)SC[C@H]2C(=O)NC(=O)N2C)[C@@H](O)[C@@]1(C)O. The van der Waals surface area contributed by atoms with E-state index in [1.165, 1.54) is 38.9 Å². The van der Waals surface area contributed by atoms with Gasteiger partial charge in [-0.05, 0) is 27.7 Å². The summed E-state index contributed by atoms with van der Waals surface area (Å²) >= 11 is 0.686. The van der Waals surface area contributed by atoms with Crippen LogP contribution in [0, 0.1) is 0 Å². The fourth-order valence-electron chi connectivity index (χ4n) is 4.46. The van der Waals surface area contributed by atoms with Crippen LogP contribution in [0.15, 0.2) is 6.33 Å². The minimum atomic E-state index is -4.05. The Morgan fingerprint density at radius 1 is 1.35 bits per heavy atom. The van der Waals surface area contributed by atoms with E-state index in [0.29, 0.717) is 11.4 Å². The highest BCUT2D eigenvalue weighted by Crippen LogP contribution is 2.57. The number of hydrogen-bond donors (Lipinski definition) is 5. The van der Waals surface area contributed by atoms with Crippen LogP contribution in [0.2, 0.25) is 0 Å². The number of carbonyl (C=O) groups is 3. The number of likely N-dealkylation sites (N-methyl/N-ethyl adjacent to an activating group) is 1. The fourth-order valence-corrected chi connectivity index (χ4v) is 8.43. The van der Waals surface area contributed by atoms with Gasteiger partial charge in [0.25, 0.3) is 5.91 Å². The zero-order valence-corrected chi connectivity index (χ0v) is 26.0. The number of amides is 3. The molecule has 238 valence electrons. The molecule has 18 nitrogen and oxygen atoms in total. The number of aromatic nitrogens is 4. The van der Waals surface area contributed by atoms with Crippen molar-refractivity contribution in [3.05, 3.63) is 6.33 Å².